The van der Waals surface area contributed by atoms with Gasteiger partial charge in [-0.3, -0.25) is 0 Å². The van der Waals surface area contributed by atoms with Gasteiger partial charge >= 0.3 is 5.97 Å². The van der Waals surface area contributed by atoms with Crippen LogP contribution in [-0.4, -0.2) is 39.4 Å². The van der Waals surface area contributed by atoms with Crippen LogP contribution in [-0.2, 0) is 14.3 Å². The third kappa shape index (κ3) is 6.25. The highest BCUT2D eigenvalue weighted by molar-refractivity contribution is 5.88. The monoisotopic (exact) mass is 215 g/mol. The molecule has 0 aromatic carbocycles. The minimum absolute atomic E-state index is 0.182. The van der Waals surface area contributed by atoms with E-state index in [4.69, 9.17) is 4.74 Å². The van der Waals surface area contributed by atoms with E-state index in [0.717, 1.165) is 6.54 Å². The van der Waals surface area contributed by atoms with Gasteiger partial charge in [-0.25, -0.2) is 4.79 Å². The van der Waals surface area contributed by atoms with Gasteiger partial charge in [0.15, 0.2) is 0 Å². The van der Waals surface area contributed by atoms with Crippen LogP contribution in [0.4, 0.5) is 0 Å². The van der Waals surface area contributed by atoms with Gasteiger partial charge in [-0.05, 0) is 13.3 Å². The summed E-state index contributed by atoms with van der Waals surface area (Å²) >= 11 is 0. The van der Waals surface area contributed by atoms with Crippen molar-refractivity contribution >= 4 is 5.97 Å². The SMILES string of the molecule is CCC(=CCNCC(C)OC)C(=O)OC. The van der Waals surface area contributed by atoms with Crippen LogP contribution < -0.4 is 5.32 Å². The lowest BCUT2D eigenvalue weighted by Gasteiger charge is -2.09. The average molecular weight is 215 g/mol. The van der Waals surface area contributed by atoms with Crippen molar-refractivity contribution in [3.8, 4) is 0 Å². The molecule has 1 atom stereocenters. The molecule has 0 fully saturated rings. The molecule has 4 heteroatoms. The summed E-state index contributed by atoms with van der Waals surface area (Å²) in [4.78, 5) is 11.2. The molecule has 0 aromatic rings. The van der Waals surface area contributed by atoms with Crippen molar-refractivity contribution in [2.24, 2.45) is 0 Å². The van der Waals surface area contributed by atoms with Crippen molar-refractivity contribution in [1.82, 2.24) is 5.32 Å². The van der Waals surface area contributed by atoms with Gasteiger partial charge in [0.1, 0.15) is 0 Å². The predicted molar refractivity (Wildman–Crippen MR) is 59.7 cm³/mol. The van der Waals surface area contributed by atoms with E-state index >= 15 is 0 Å². The number of hydrogen-bond acceptors (Lipinski definition) is 4. The van der Waals surface area contributed by atoms with E-state index in [1.54, 1.807) is 7.11 Å². The Labute approximate surface area is 91.6 Å². The van der Waals surface area contributed by atoms with Crippen LogP contribution in [0.15, 0.2) is 11.6 Å². The number of carbonyl (C=O) groups excluding carboxylic acids is 1. The molecule has 15 heavy (non-hydrogen) atoms. The summed E-state index contributed by atoms with van der Waals surface area (Å²) in [6.07, 6.45) is 2.73. The number of methoxy groups -OCH3 is 2. The lowest BCUT2D eigenvalue weighted by molar-refractivity contribution is -0.136. The molecule has 0 heterocycles. The van der Waals surface area contributed by atoms with Crippen molar-refractivity contribution in [2.75, 3.05) is 27.3 Å². The van der Waals surface area contributed by atoms with Gasteiger partial charge in [0, 0.05) is 25.8 Å². The van der Waals surface area contributed by atoms with E-state index in [2.05, 4.69) is 10.1 Å². The molecule has 0 saturated heterocycles. The average Bonchev–Trinajstić information content (AvgIpc) is 2.27. The Bertz CT molecular complexity index is 214. The number of ether oxygens (including phenoxy) is 2. The van der Waals surface area contributed by atoms with Crippen molar-refractivity contribution < 1.29 is 14.3 Å². The summed E-state index contributed by atoms with van der Waals surface area (Å²) in [6, 6.07) is 0. The maximum atomic E-state index is 11.2. The van der Waals surface area contributed by atoms with Gasteiger partial charge in [0.2, 0.25) is 0 Å². The molecule has 0 aliphatic rings. The smallest absolute Gasteiger partial charge is 0.333 e. The first-order valence-corrected chi connectivity index (χ1v) is 5.16. The Morgan fingerprint density at radius 2 is 2.13 bits per heavy atom. The standard InChI is InChI=1S/C11H21NO3/c1-5-10(11(13)15-4)6-7-12-8-9(2)14-3/h6,9,12H,5,7-8H2,1-4H3. The second-order valence-corrected chi connectivity index (χ2v) is 3.28. The molecule has 0 amide bonds. The minimum atomic E-state index is -0.251. The van der Waals surface area contributed by atoms with Crippen molar-refractivity contribution in [3.63, 3.8) is 0 Å². The Kier molecular flexibility index (Phi) is 7.95. The second-order valence-electron chi connectivity index (χ2n) is 3.28. The quantitative estimate of drug-likeness (QED) is 0.393. The highest BCUT2D eigenvalue weighted by Crippen LogP contribution is 2.01. The first-order chi connectivity index (χ1) is 7.15. The number of esters is 1. The largest absolute Gasteiger partial charge is 0.466 e. The summed E-state index contributed by atoms with van der Waals surface area (Å²) in [6.45, 7) is 5.34. The summed E-state index contributed by atoms with van der Waals surface area (Å²) in [5, 5.41) is 3.17. The van der Waals surface area contributed by atoms with Crippen LogP contribution in [0.25, 0.3) is 0 Å². The fourth-order valence-corrected chi connectivity index (χ4v) is 1.07. The van der Waals surface area contributed by atoms with Crippen LogP contribution in [0.5, 0.6) is 0 Å². The Morgan fingerprint density at radius 3 is 2.60 bits per heavy atom. The maximum Gasteiger partial charge on any atom is 0.333 e. The molecule has 0 aromatic heterocycles. The van der Waals surface area contributed by atoms with Gasteiger partial charge in [-0.15, -0.1) is 0 Å². The van der Waals surface area contributed by atoms with Crippen LogP contribution in [0.3, 0.4) is 0 Å². The van der Waals surface area contributed by atoms with Crippen molar-refractivity contribution in [3.05, 3.63) is 11.6 Å². The molecular formula is C11H21NO3. The van der Waals surface area contributed by atoms with E-state index in [1.807, 2.05) is 19.9 Å². The minimum Gasteiger partial charge on any atom is -0.466 e. The van der Waals surface area contributed by atoms with E-state index in [1.165, 1.54) is 7.11 Å². The molecule has 1 N–H and O–H groups in total. The van der Waals surface area contributed by atoms with Gasteiger partial charge in [-0.1, -0.05) is 13.0 Å². The molecule has 0 aliphatic carbocycles. The molecule has 0 spiro atoms. The first kappa shape index (κ1) is 14.1. The van der Waals surface area contributed by atoms with E-state index in [9.17, 15) is 4.79 Å². The zero-order chi connectivity index (χ0) is 11.7. The van der Waals surface area contributed by atoms with Gasteiger partial charge in [0.25, 0.3) is 0 Å². The van der Waals surface area contributed by atoms with Gasteiger partial charge in [0.05, 0.1) is 13.2 Å². The second kappa shape index (κ2) is 8.44. The van der Waals surface area contributed by atoms with Crippen LogP contribution >= 0.6 is 0 Å². The Hall–Kier alpha value is -0.870. The fraction of sp³-hybridized carbons (Fsp3) is 0.727. The fourth-order valence-electron chi connectivity index (χ4n) is 1.07. The van der Waals surface area contributed by atoms with E-state index < -0.39 is 0 Å². The Morgan fingerprint density at radius 1 is 1.47 bits per heavy atom. The number of nitrogens with one attached hydrogen (secondary N) is 1. The third-order valence-electron chi connectivity index (χ3n) is 2.16. The summed E-state index contributed by atoms with van der Waals surface area (Å²) in [5.41, 5.74) is 0.704. The Balaban J connectivity index is 3.86. The molecule has 0 radical (unpaired) electrons. The third-order valence-corrected chi connectivity index (χ3v) is 2.16. The highest BCUT2D eigenvalue weighted by atomic mass is 16.5. The number of hydrogen-bond donors (Lipinski definition) is 1. The van der Waals surface area contributed by atoms with Gasteiger partial charge < -0.3 is 14.8 Å². The first-order valence-electron chi connectivity index (χ1n) is 5.16. The zero-order valence-corrected chi connectivity index (χ0v) is 10.0. The van der Waals surface area contributed by atoms with Crippen molar-refractivity contribution in [1.29, 1.82) is 0 Å². The van der Waals surface area contributed by atoms with Crippen LogP contribution in [0.1, 0.15) is 20.3 Å². The molecule has 0 saturated carbocycles. The lowest BCUT2D eigenvalue weighted by Crippen LogP contribution is -2.26. The van der Waals surface area contributed by atoms with E-state index in [0.29, 0.717) is 18.5 Å². The summed E-state index contributed by atoms with van der Waals surface area (Å²) < 4.78 is 9.72. The normalized spacial score (nSPS) is 13.7. The maximum absolute atomic E-state index is 11.2. The zero-order valence-electron chi connectivity index (χ0n) is 10.0. The molecule has 88 valence electrons. The molecular weight excluding hydrogens is 194 g/mol. The molecule has 0 rings (SSSR count). The summed E-state index contributed by atoms with van der Waals surface area (Å²) in [7, 11) is 3.07. The molecule has 0 bridgehead atoms. The van der Waals surface area contributed by atoms with Crippen LogP contribution in [0.2, 0.25) is 0 Å². The van der Waals surface area contributed by atoms with Gasteiger partial charge in [-0.2, -0.15) is 0 Å². The molecule has 0 aliphatic heterocycles. The molecule has 1 unspecified atom stereocenters. The highest BCUT2D eigenvalue weighted by Gasteiger charge is 2.05. The van der Waals surface area contributed by atoms with Crippen LogP contribution in [0, 0.1) is 0 Å². The number of carbonyl (C=O) groups is 1. The number of rotatable bonds is 7. The lowest BCUT2D eigenvalue weighted by atomic mass is 10.2. The predicted octanol–water partition coefficient (Wildman–Crippen LogP) is 1.12. The van der Waals surface area contributed by atoms with E-state index in [-0.39, 0.29) is 12.1 Å². The topological polar surface area (TPSA) is 47.6 Å². The summed E-state index contributed by atoms with van der Waals surface area (Å²) in [5.74, 6) is -0.251. The molecule has 4 nitrogen and oxygen atoms in total. The van der Waals surface area contributed by atoms with Crippen molar-refractivity contribution in [2.45, 2.75) is 26.4 Å².